The molecule has 0 radical (unpaired) electrons. The number of hydrogen-bond donors (Lipinski definition) is 2. The number of halogens is 2. The average Bonchev–Trinajstić information content (AvgIpc) is 3.43. The molecule has 0 aliphatic carbocycles. The monoisotopic (exact) mass is 615 g/mol. The van der Waals surface area contributed by atoms with Crippen molar-refractivity contribution in [3.63, 3.8) is 0 Å². The molecule has 1 aliphatic heterocycles. The number of aromatic nitrogens is 4. The summed E-state index contributed by atoms with van der Waals surface area (Å²) in [7, 11) is 0. The van der Waals surface area contributed by atoms with Crippen LogP contribution in [0.15, 0.2) is 71.6 Å². The van der Waals surface area contributed by atoms with Crippen molar-refractivity contribution in [2.75, 3.05) is 11.1 Å². The van der Waals surface area contributed by atoms with Gasteiger partial charge in [0.25, 0.3) is 0 Å². The number of rotatable bonds is 5. The second kappa shape index (κ2) is 10.5. The highest BCUT2D eigenvalue weighted by Gasteiger charge is 2.43. The summed E-state index contributed by atoms with van der Waals surface area (Å²) >= 11 is 3.32. The molecule has 4 heterocycles. The highest BCUT2D eigenvalue weighted by atomic mass is 79.9. The first-order valence-corrected chi connectivity index (χ1v) is 14.0. The van der Waals surface area contributed by atoms with Gasteiger partial charge in [-0.25, -0.2) is 19.3 Å². The van der Waals surface area contributed by atoms with Gasteiger partial charge in [-0.05, 0) is 82.7 Å². The van der Waals surface area contributed by atoms with E-state index in [9.17, 15) is 14.0 Å². The summed E-state index contributed by atoms with van der Waals surface area (Å²) in [6.45, 7) is 3.97. The number of nitrogen functional groups attached to an aromatic ring is 1. The molecule has 2 aromatic carbocycles. The molecule has 9 nitrogen and oxygen atoms in total. The Hall–Kier alpha value is -4.38. The quantitative estimate of drug-likeness (QED) is 0.256. The van der Waals surface area contributed by atoms with Crippen molar-refractivity contribution in [1.82, 2.24) is 24.4 Å². The molecule has 41 heavy (non-hydrogen) atoms. The Kier molecular flexibility index (Phi) is 6.90. The molecule has 0 bridgehead atoms. The van der Waals surface area contributed by atoms with Crippen molar-refractivity contribution in [2.45, 2.75) is 38.9 Å². The number of hydrogen-bond acceptors (Lipinski definition) is 6. The van der Waals surface area contributed by atoms with Gasteiger partial charge in [0.15, 0.2) is 0 Å². The first-order chi connectivity index (χ1) is 19.7. The SMILES string of the molecule is C[C@@H]1[C@@H](C)C[C@@H](C(=O)Nc2cccc(Br)n2)N1C(=O)Cn1c2ccc(-c3ccc(F)cc3)cc2c2c(N)ncnc21. The lowest BCUT2D eigenvalue weighted by Crippen LogP contribution is -2.47. The van der Waals surface area contributed by atoms with Gasteiger partial charge in [-0.1, -0.05) is 31.2 Å². The number of nitrogens with zero attached hydrogens (tertiary/aromatic N) is 5. The molecule has 1 aliphatic rings. The fraction of sp³-hybridized carbons (Fsp3) is 0.233. The average molecular weight is 616 g/mol. The van der Waals surface area contributed by atoms with Crippen molar-refractivity contribution in [3.05, 3.63) is 77.4 Å². The number of amides is 2. The van der Waals surface area contributed by atoms with Crippen LogP contribution in [0.25, 0.3) is 33.1 Å². The molecule has 1 saturated heterocycles. The number of carbonyl (C=O) groups is 2. The number of benzene rings is 2. The standard InChI is InChI=1S/C30H27BrFN7O2/c1-16-12-23(30(41)37-25-5-3-4-24(31)36-25)39(17(16)2)26(40)14-38-22-11-8-19(18-6-9-20(32)10-7-18)13-21(22)27-28(33)34-15-35-29(27)38/h3-11,13,15-17,23H,12,14H2,1-2H3,(H2,33,34,35)(H,36,37,41)/t16-,17+,23-/m0/s1. The molecule has 5 aromatic rings. The first kappa shape index (κ1) is 26.8. The third-order valence-corrected chi connectivity index (χ3v) is 8.33. The Labute approximate surface area is 243 Å². The topological polar surface area (TPSA) is 119 Å². The zero-order chi connectivity index (χ0) is 28.8. The highest BCUT2D eigenvalue weighted by molar-refractivity contribution is 9.10. The number of carbonyl (C=O) groups excluding carboxylic acids is 2. The van der Waals surface area contributed by atoms with Gasteiger partial charge in [-0.3, -0.25) is 9.59 Å². The van der Waals surface area contributed by atoms with E-state index in [1.165, 1.54) is 18.5 Å². The Morgan fingerprint density at radius 1 is 1.07 bits per heavy atom. The maximum atomic E-state index is 14.0. The third-order valence-electron chi connectivity index (χ3n) is 7.89. The molecule has 3 atom stereocenters. The lowest BCUT2D eigenvalue weighted by molar-refractivity contribution is -0.139. The van der Waals surface area contributed by atoms with E-state index in [0.29, 0.717) is 33.7 Å². The van der Waals surface area contributed by atoms with E-state index < -0.39 is 6.04 Å². The smallest absolute Gasteiger partial charge is 0.248 e. The van der Waals surface area contributed by atoms with Crippen LogP contribution in [-0.4, -0.2) is 48.3 Å². The second-order valence-electron chi connectivity index (χ2n) is 10.4. The van der Waals surface area contributed by atoms with Gasteiger partial charge < -0.3 is 20.5 Å². The lowest BCUT2D eigenvalue weighted by atomic mass is 10.0. The van der Waals surface area contributed by atoms with Gasteiger partial charge in [0.05, 0.1) is 10.9 Å². The molecular weight excluding hydrogens is 589 g/mol. The minimum Gasteiger partial charge on any atom is -0.383 e. The normalized spacial score (nSPS) is 18.7. The van der Waals surface area contributed by atoms with Crippen molar-refractivity contribution >= 4 is 61.3 Å². The van der Waals surface area contributed by atoms with Gasteiger partial charge in [-0.15, -0.1) is 0 Å². The van der Waals surface area contributed by atoms with E-state index in [-0.39, 0.29) is 36.1 Å². The van der Waals surface area contributed by atoms with E-state index in [4.69, 9.17) is 5.73 Å². The van der Waals surface area contributed by atoms with Crippen molar-refractivity contribution in [2.24, 2.45) is 5.92 Å². The van der Waals surface area contributed by atoms with Crippen LogP contribution in [0.1, 0.15) is 20.3 Å². The van der Waals surface area contributed by atoms with Crippen LogP contribution in [-0.2, 0) is 16.1 Å². The molecule has 208 valence electrons. The van der Waals surface area contributed by atoms with Gasteiger partial charge in [0.2, 0.25) is 11.8 Å². The van der Waals surface area contributed by atoms with Crippen LogP contribution in [0.2, 0.25) is 0 Å². The van der Waals surface area contributed by atoms with Crippen LogP contribution < -0.4 is 11.1 Å². The van der Waals surface area contributed by atoms with E-state index in [1.807, 2.05) is 36.6 Å². The van der Waals surface area contributed by atoms with E-state index in [0.717, 1.165) is 22.0 Å². The number of nitrogens with one attached hydrogen (secondary N) is 1. The summed E-state index contributed by atoms with van der Waals surface area (Å²) in [6, 6.07) is 16.5. The first-order valence-electron chi connectivity index (χ1n) is 13.2. The van der Waals surface area contributed by atoms with E-state index >= 15 is 0 Å². The zero-order valence-corrected chi connectivity index (χ0v) is 24.0. The van der Waals surface area contributed by atoms with E-state index in [1.54, 1.807) is 35.2 Å². The van der Waals surface area contributed by atoms with Gasteiger partial charge >= 0.3 is 0 Å². The van der Waals surface area contributed by atoms with E-state index in [2.05, 4.69) is 36.2 Å². The van der Waals surface area contributed by atoms with Crippen molar-refractivity contribution in [1.29, 1.82) is 0 Å². The Morgan fingerprint density at radius 3 is 2.59 bits per heavy atom. The zero-order valence-electron chi connectivity index (χ0n) is 22.4. The molecule has 6 rings (SSSR count). The Morgan fingerprint density at radius 2 is 1.83 bits per heavy atom. The molecule has 0 unspecified atom stereocenters. The summed E-state index contributed by atoms with van der Waals surface area (Å²) in [6.07, 6.45) is 1.91. The van der Waals surface area contributed by atoms with Crippen LogP contribution >= 0.6 is 15.9 Å². The van der Waals surface area contributed by atoms with Gasteiger partial charge in [0, 0.05) is 11.4 Å². The van der Waals surface area contributed by atoms with Gasteiger partial charge in [-0.2, -0.15) is 0 Å². The number of pyridine rings is 1. The second-order valence-corrected chi connectivity index (χ2v) is 11.2. The molecule has 0 spiro atoms. The maximum Gasteiger partial charge on any atom is 0.248 e. The largest absolute Gasteiger partial charge is 0.383 e. The lowest BCUT2D eigenvalue weighted by Gasteiger charge is -2.29. The Balaban J connectivity index is 1.36. The fourth-order valence-electron chi connectivity index (χ4n) is 5.68. The molecule has 2 amide bonds. The van der Waals surface area contributed by atoms with Crippen molar-refractivity contribution in [3.8, 4) is 11.1 Å². The van der Waals surface area contributed by atoms with Crippen molar-refractivity contribution < 1.29 is 14.0 Å². The molecule has 0 saturated carbocycles. The van der Waals surface area contributed by atoms with Crippen LogP contribution in [0.3, 0.4) is 0 Å². The number of fused-ring (bicyclic) bond motifs is 3. The third kappa shape index (κ3) is 4.90. The minimum atomic E-state index is -0.647. The fourth-order valence-corrected chi connectivity index (χ4v) is 6.02. The van der Waals surface area contributed by atoms with Crippen LogP contribution in [0.5, 0.6) is 0 Å². The minimum absolute atomic E-state index is 0.0394. The molecule has 3 aromatic heterocycles. The summed E-state index contributed by atoms with van der Waals surface area (Å²) in [5.41, 5.74) is 9.30. The predicted molar refractivity (Wildman–Crippen MR) is 159 cm³/mol. The predicted octanol–water partition coefficient (Wildman–Crippen LogP) is 5.39. The van der Waals surface area contributed by atoms with Crippen LogP contribution in [0, 0.1) is 11.7 Å². The summed E-state index contributed by atoms with van der Waals surface area (Å²) in [4.78, 5) is 42.0. The molecule has 1 fully saturated rings. The van der Waals surface area contributed by atoms with Gasteiger partial charge in [0.1, 0.15) is 46.6 Å². The summed E-state index contributed by atoms with van der Waals surface area (Å²) in [5.74, 6) is 0.0353. The summed E-state index contributed by atoms with van der Waals surface area (Å²) < 4.78 is 15.9. The Bertz CT molecular complexity index is 1810. The van der Waals surface area contributed by atoms with Crippen LogP contribution in [0.4, 0.5) is 16.0 Å². The molecule has 3 N–H and O–H groups in total. The number of nitrogens with two attached hydrogens (primary N) is 1. The highest BCUT2D eigenvalue weighted by Crippen LogP contribution is 2.35. The molecular formula is C30H27BrFN7O2. The number of anilines is 2. The maximum absolute atomic E-state index is 14.0. The molecule has 11 heteroatoms. The summed E-state index contributed by atoms with van der Waals surface area (Å²) in [5, 5.41) is 4.28. The number of likely N-dealkylation sites (tertiary alicyclic amines) is 1.